The maximum atomic E-state index is 11.2. The van der Waals surface area contributed by atoms with E-state index in [0.29, 0.717) is 12.1 Å². The number of hydrogen-bond donors (Lipinski definition) is 2. The number of aliphatic carboxylic acids is 1. The molecule has 0 radical (unpaired) electrons. The molecule has 0 aromatic heterocycles. The van der Waals surface area contributed by atoms with Crippen LogP contribution in [-0.4, -0.2) is 30.7 Å². The highest BCUT2D eigenvalue weighted by Crippen LogP contribution is 2.11. The van der Waals surface area contributed by atoms with Gasteiger partial charge in [0.1, 0.15) is 6.61 Å². The molecule has 1 rings (SSSR count). The Bertz CT molecular complexity index is 400. The highest BCUT2D eigenvalue weighted by atomic mass is 16.5. The van der Waals surface area contributed by atoms with E-state index < -0.39 is 5.97 Å². The van der Waals surface area contributed by atoms with Gasteiger partial charge in [0, 0.05) is 19.2 Å². The molecule has 2 N–H and O–H groups in total. The summed E-state index contributed by atoms with van der Waals surface area (Å²) in [6.45, 7) is 0.0281. The van der Waals surface area contributed by atoms with Crippen LogP contribution in [0.1, 0.15) is 18.4 Å². The highest BCUT2D eigenvalue weighted by molar-refractivity contribution is 5.91. The average molecular weight is 251 g/mol. The van der Waals surface area contributed by atoms with Crippen LogP contribution in [0.15, 0.2) is 24.3 Å². The van der Waals surface area contributed by atoms with Crippen LogP contribution in [0.5, 0.6) is 0 Å². The van der Waals surface area contributed by atoms with Crippen LogP contribution in [0, 0.1) is 0 Å². The first-order valence-electron chi connectivity index (χ1n) is 5.71. The van der Waals surface area contributed by atoms with Crippen LogP contribution >= 0.6 is 0 Å². The molecule has 1 amide bonds. The molecular weight excluding hydrogens is 234 g/mol. The van der Waals surface area contributed by atoms with Crippen LogP contribution in [-0.2, 0) is 20.7 Å². The van der Waals surface area contributed by atoms with Gasteiger partial charge in [-0.1, -0.05) is 12.1 Å². The minimum absolute atomic E-state index is 0.0281. The van der Waals surface area contributed by atoms with Gasteiger partial charge in [0.25, 0.3) is 0 Å². The molecule has 18 heavy (non-hydrogen) atoms. The van der Waals surface area contributed by atoms with Crippen molar-refractivity contribution in [3.05, 3.63) is 29.8 Å². The molecule has 0 unspecified atom stereocenters. The number of rotatable bonds is 7. The summed E-state index contributed by atoms with van der Waals surface area (Å²) in [6.07, 6.45) is 1.51. The summed E-state index contributed by atoms with van der Waals surface area (Å²) in [7, 11) is 1.46. The van der Waals surface area contributed by atoms with Crippen molar-refractivity contribution < 1.29 is 19.4 Å². The number of aryl methyl sites for hydroxylation is 1. The quantitative estimate of drug-likeness (QED) is 0.773. The molecule has 1 aromatic rings. The average Bonchev–Trinajstić information content (AvgIpc) is 2.31. The Balaban J connectivity index is 2.42. The normalized spacial score (nSPS) is 10.1. The Hall–Kier alpha value is -1.88. The number of benzene rings is 1. The lowest BCUT2D eigenvalue weighted by Crippen LogP contribution is -2.16. The van der Waals surface area contributed by atoms with Crippen LogP contribution < -0.4 is 5.32 Å². The Kier molecular flexibility index (Phi) is 5.87. The molecule has 1 aromatic carbocycles. The predicted octanol–water partition coefficient (Wildman–Crippen LogP) is 1.68. The number of nitrogens with one attached hydrogen (secondary N) is 1. The molecule has 0 fully saturated rings. The number of carboxylic acid groups (broad SMARTS) is 1. The molecule has 0 saturated carbocycles. The third-order valence-corrected chi connectivity index (χ3v) is 2.37. The first kappa shape index (κ1) is 14.2. The summed E-state index contributed by atoms with van der Waals surface area (Å²) >= 11 is 0. The van der Waals surface area contributed by atoms with Crippen LogP contribution in [0.25, 0.3) is 0 Å². The van der Waals surface area contributed by atoms with Gasteiger partial charge < -0.3 is 15.2 Å². The molecule has 0 spiro atoms. The van der Waals surface area contributed by atoms with Crippen LogP contribution in [0.2, 0.25) is 0 Å². The minimum atomic E-state index is -0.779. The number of methoxy groups -OCH3 is 1. The van der Waals surface area contributed by atoms with E-state index in [4.69, 9.17) is 9.84 Å². The Labute approximate surface area is 106 Å². The zero-order valence-electron chi connectivity index (χ0n) is 10.3. The van der Waals surface area contributed by atoms with Crippen molar-refractivity contribution in [3.63, 3.8) is 0 Å². The predicted molar refractivity (Wildman–Crippen MR) is 67.5 cm³/mol. The van der Waals surface area contributed by atoms with E-state index in [0.717, 1.165) is 12.0 Å². The second kappa shape index (κ2) is 7.45. The van der Waals surface area contributed by atoms with Gasteiger partial charge in [-0.2, -0.15) is 0 Å². The number of amides is 1. The van der Waals surface area contributed by atoms with E-state index in [1.54, 1.807) is 12.1 Å². The Morgan fingerprint density at radius 1 is 1.28 bits per heavy atom. The Morgan fingerprint density at radius 3 is 2.50 bits per heavy atom. The van der Waals surface area contributed by atoms with E-state index in [-0.39, 0.29) is 18.9 Å². The number of carbonyl (C=O) groups is 2. The topological polar surface area (TPSA) is 75.6 Å². The van der Waals surface area contributed by atoms with Crippen molar-refractivity contribution >= 4 is 17.6 Å². The molecule has 0 aliphatic rings. The fourth-order valence-electron chi connectivity index (χ4n) is 1.53. The first-order valence-corrected chi connectivity index (χ1v) is 5.71. The second-order valence-corrected chi connectivity index (χ2v) is 3.93. The highest BCUT2D eigenvalue weighted by Gasteiger charge is 2.02. The first-order chi connectivity index (χ1) is 8.61. The van der Waals surface area contributed by atoms with Crippen molar-refractivity contribution in [2.24, 2.45) is 0 Å². The number of ether oxygens (including phenoxy) is 1. The van der Waals surface area contributed by atoms with Gasteiger partial charge in [0.15, 0.2) is 0 Å². The molecule has 0 heterocycles. The summed E-state index contributed by atoms with van der Waals surface area (Å²) in [5.74, 6) is -0.977. The monoisotopic (exact) mass is 251 g/mol. The van der Waals surface area contributed by atoms with E-state index in [1.807, 2.05) is 12.1 Å². The lowest BCUT2D eigenvalue weighted by Gasteiger charge is -2.05. The summed E-state index contributed by atoms with van der Waals surface area (Å²) in [5, 5.41) is 11.2. The van der Waals surface area contributed by atoms with Gasteiger partial charge in [-0.3, -0.25) is 9.59 Å². The second-order valence-electron chi connectivity index (χ2n) is 3.93. The standard InChI is InChI=1S/C13H17NO4/c1-18-9-12(15)14-11-7-5-10(6-8-11)3-2-4-13(16)17/h5-8H,2-4,9H2,1H3,(H,14,15)(H,16,17). The maximum Gasteiger partial charge on any atom is 0.303 e. The summed E-state index contributed by atoms with van der Waals surface area (Å²) < 4.78 is 4.71. The molecule has 0 aliphatic heterocycles. The zero-order valence-corrected chi connectivity index (χ0v) is 10.3. The largest absolute Gasteiger partial charge is 0.481 e. The molecule has 0 aliphatic carbocycles. The van der Waals surface area contributed by atoms with E-state index >= 15 is 0 Å². The van der Waals surface area contributed by atoms with Crippen molar-refractivity contribution in [2.75, 3.05) is 19.0 Å². The molecule has 5 heteroatoms. The SMILES string of the molecule is COCC(=O)Nc1ccc(CCCC(=O)O)cc1. The Morgan fingerprint density at radius 2 is 1.94 bits per heavy atom. The third kappa shape index (κ3) is 5.45. The summed E-state index contributed by atoms with van der Waals surface area (Å²) in [4.78, 5) is 21.6. The van der Waals surface area contributed by atoms with E-state index in [1.165, 1.54) is 7.11 Å². The lowest BCUT2D eigenvalue weighted by molar-refractivity contribution is -0.137. The van der Waals surface area contributed by atoms with Gasteiger partial charge in [-0.15, -0.1) is 0 Å². The fraction of sp³-hybridized carbons (Fsp3) is 0.385. The van der Waals surface area contributed by atoms with Crippen molar-refractivity contribution in [1.29, 1.82) is 0 Å². The number of hydrogen-bond acceptors (Lipinski definition) is 3. The maximum absolute atomic E-state index is 11.2. The number of anilines is 1. The number of carbonyl (C=O) groups excluding carboxylic acids is 1. The fourth-order valence-corrected chi connectivity index (χ4v) is 1.53. The van der Waals surface area contributed by atoms with Gasteiger partial charge in [0.05, 0.1) is 0 Å². The number of carboxylic acids is 1. The summed E-state index contributed by atoms with van der Waals surface area (Å²) in [6, 6.07) is 7.35. The molecule has 98 valence electrons. The third-order valence-electron chi connectivity index (χ3n) is 2.37. The summed E-state index contributed by atoms with van der Waals surface area (Å²) in [5.41, 5.74) is 1.76. The molecule has 0 saturated heterocycles. The van der Waals surface area contributed by atoms with E-state index in [9.17, 15) is 9.59 Å². The van der Waals surface area contributed by atoms with E-state index in [2.05, 4.69) is 5.32 Å². The van der Waals surface area contributed by atoms with Crippen LogP contribution in [0.3, 0.4) is 0 Å². The zero-order chi connectivity index (χ0) is 13.4. The van der Waals surface area contributed by atoms with Gasteiger partial charge in [-0.05, 0) is 30.5 Å². The van der Waals surface area contributed by atoms with Crippen molar-refractivity contribution in [2.45, 2.75) is 19.3 Å². The van der Waals surface area contributed by atoms with Crippen LogP contribution in [0.4, 0.5) is 5.69 Å². The molecular formula is C13H17NO4. The smallest absolute Gasteiger partial charge is 0.303 e. The molecule has 5 nitrogen and oxygen atoms in total. The van der Waals surface area contributed by atoms with Crippen molar-refractivity contribution in [1.82, 2.24) is 0 Å². The molecule has 0 atom stereocenters. The van der Waals surface area contributed by atoms with Gasteiger partial charge in [0.2, 0.25) is 5.91 Å². The van der Waals surface area contributed by atoms with Crippen molar-refractivity contribution in [3.8, 4) is 0 Å². The lowest BCUT2D eigenvalue weighted by atomic mass is 10.1. The van der Waals surface area contributed by atoms with Gasteiger partial charge in [-0.25, -0.2) is 0 Å². The minimum Gasteiger partial charge on any atom is -0.481 e. The van der Waals surface area contributed by atoms with Gasteiger partial charge >= 0.3 is 5.97 Å². The molecule has 0 bridgehead atoms.